The molecular weight excluding hydrogens is 337 g/mol. The van der Waals surface area contributed by atoms with Gasteiger partial charge in [0.1, 0.15) is 23.3 Å². The third-order valence-corrected chi connectivity index (χ3v) is 3.81. The van der Waals surface area contributed by atoms with Crippen LogP contribution in [0.2, 0.25) is 0 Å². The summed E-state index contributed by atoms with van der Waals surface area (Å²) in [5.41, 5.74) is 0.195. The van der Waals surface area contributed by atoms with Gasteiger partial charge in [0.15, 0.2) is 11.5 Å². The van der Waals surface area contributed by atoms with Gasteiger partial charge in [-0.2, -0.15) is 0 Å². The van der Waals surface area contributed by atoms with Crippen LogP contribution in [0, 0.1) is 5.82 Å². The highest BCUT2D eigenvalue weighted by atomic mass is 19.1. The Balaban J connectivity index is 1.88. The van der Waals surface area contributed by atoms with Crippen molar-refractivity contribution < 1.29 is 23.4 Å². The van der Waals surface area contributed by atoms with Crippen LogP contribution in [0.25, 0.3) is 0 Å². The summed E-state index contributed by atoms with van der Waals surface area (Å²) in [6.45, 7) is 5.70. The van der Waals surface area contributed by atoms with Gasteiger partial charge in [-0.3, -0.25) is 0 Å². The van der Waals surface area contributed by atoms with Crippen LogP contribution in [-0.2, 0) is 4.74 Å². The molecule has 26 heavy (non-hydrogen) atoms. The Labute approximate surface area is 152 Å². The van der Waals surface area contributed by atoms with E-state index in [1.54, 1.807) is 13.1 Å². The van der Waals surface area contributed by atoms with Crippen LogP contribution in [0.15, 0.2) is 42.5 Å². The molecule has 1 amide bonds. The van der Waals surface area contributed by atoms with E-state index in [0.29, 0.717) is 17.2 Å². The highest BCUT2D eigenvalue weighted by Gasteiger charge is 2.28. The molecule has 1 aliphatic rings. The lowest BCUT2D eigenvalue weighted by atomic mass is 10.1. The first-order chi connectivity index (χ1) is 12.2. The second-order valence-electron chi connectivity index (χ2n) is 7.20. The van der Waals surface area contributed by atoms with Crippen molar-refractivity contribution >= 4 is 6.09 Å². The highest BCUT2D eigenvalue weighted by molar-refractivity contribution is 5.68. The monoisotopic (exact) mass is 359 g/mol. The van der Waals surface area contributed by atoms with Crippen LogP contribution < -0.4 is 9.47 Å². The molecule has 0 N–H and O–H groups in total. The summed E-state index contributed by atoms with van der Waals surface area (Å²) in [6, 6.07) is 11.5. The van der Waals surface area contributed by atoms with Crippen LogP contribution in [0.5, 0.6) is 17.2 Å². The molecule has 0 radical (unpaired) electrons. The molecule has 2 aromatic rings. The molecule has 0 aliphatic carbocycles. The van der Waals surface area contributed by atoms with Crippen LogP contribution in [0.3, 0.4) is 0 Å². The summed E-state index contributed by atoms with van der Waals surface area (Å²) in [6.07, 6.45) is -0.918. The number of halogens is 1. The highest BCUT2D eigenvalue weighted by Crippen LogP contribution is 2.42. The number of carbonyl (C=O) groups is 1. The minimum Gasteiger partial charge on any atom is -0.480 e. The molecule has 0 fully saturated rings. The number of para-hydroxylation sites is 1. The Hall–Kier alpha value is -2.76. The molecule has 2 aromatic carbocycles. The van der Waals surface area contributed by atoms with Crippen molar-refractivity contribution in [2.45, 2.75) is 32.5 Å². The molecule has 1 heterocycles. The van der Waals surface area contributed by atoms with Crippen molar-refractivity contribution in [3.8, 4) is 17.2 Å². The number of rotatable bonds is 2. The van der Waals surface area contributed by atoms with Gasteiger partial charge in [0.25, 0.3) is 0 Å². The first-order valence-corrected chi connectivity index (χ1v) is 8.40. The largest absolute Gasteiger partial charge is 0.480 e. The molecule has 1 atom stereocenters. The maximum Gasteiger partial charge on any atom is 0.410 e. The second-order valence-corrected chi connectivity index (χ2v) is 7.20. The molecule has 5 nitrogen and oxygen atoms in total. The van der Waals surface area contributed by atoms with Gasteiger partial charge in [-0.15, -0.1) is 0 Å². The third kappa shape index (κ3) is 4.07. The third-order valence-electron chi connectivity index (χ3n) is 3.81. The summed E-state index contributed by atoms with van der Waals surface area (Å²) in [5, 5.41) is 0. The van der Waals surface area contributed by atoms with E-state index in [-0.39, 0.29) is 6.54 Å². The van der Waals surface area contributed by atoms with E-state index in [1.807, 2.05) is 39.0 Å². The topological polar surface area (TPSA) is 48.0 Å². The average molecular weight is 359 g/mol. The van der Waals surface area contributed by atoms with Crippen molar-refractivity contribution in [3.05, 3.63) is 53.8 Å². The number of benzene rings is 2. The number of nitrogens with zero attached hydrogens (tertiary/aromatic N) is 1. The van der Waals surface area contributed by atoms with Crippen molar-refractivity contribution in [2.75, 3.05) is 13.6 Å². The number of likely N-dealkylation sites (N-methyl/N-ethyl adjacent to an activating group) is 1. The lowest BCUT2D eigenvalue weighted by Crippen LogP contribution is -2.37. The second kappa shape index (κ2) is 6.86. The average Bonchev–Trinajstić information content (AvgIpc) is 2.69. The van der Waals surface area contributed by atoms with Crippen LogP contribution in [0.4, 0.5) is 9.18 Å². The number of ether oxygens (including phenoxy) is 3. The van der Waals surface area contributed by atoms with Gasteiger partial charge in [-0.05, 0) is 39.0 Å². The fourth-order valence-corrected chi connectivity index (χ4v) is 2.63. The van der Waals surface area contributed by atoms with Crippen LogP contribution in [0.1, 0.15) is 32.4 Å². The quantitative estimate of drug-likeness (QED) is 0.764. The van der Waals surface area contributed by atoms with Gasteiger partial charge in [-0.1, -0.05) is 18.2 Å². The predicted octanol–water partition coefficient (Wildman–Crippen LogP) is 4.92. The number of amides is 1. The van der Waals surface area contributed by atoms with Crippen molar-refractivity contribution in [1.29, 1.82) is 0 Å². The van der Waals surface area contributed by atoms with E-state index in [2.05, 4.69) is 0 Å². The zero-order valence-corrected chi connectivity index (χ0v) is 15.3. The fourth-order valence-electron chi connectivity index (χ4n) is 2.63. The minimum atomic E-state index is -0.583. The molecule has 6 heteroatoms. The van der Waals surface area contributed by atoms with Gasteiger partial charge >= 0.3 is 6.09 Å². The smallest absolute Gasteiger partial charge is 0.410 e. The van der Waals surface area contributed by atoms with E-state index in [1.165, 1.54) is 23.1 Å². The van der Waals surface area contributed by atoms with E-state index in [0.717, 1.165) is 5.56 Å². The number of hydrogen-bond acceptors (Lipinski definition) is 4. The lowest BCUT2D eigenvalue weighted by molar-refractivity contribution is 0.0227. The Morgan fingerprint density at radius 2 is 1.88 bits per heavy atom. The summed E-state index contributed by atoms with van der Waals surface area (Å²) >= 11 is 0. The molecule has 3 rings (SSSR count). The molecule has 1 aliphatic heterocycles. The maximum absolute atomic E-state index is 13.6. The Morgan fingerprint density at radius 3 is 2.62 bits per heavy atom. The zero-order valence-electron chi connectivity index (χ0n) is 15.3. The normalized spacial score (nSPS) is 15.7. The number of fused-ring (bicyclic) bond motifs is 2. The van der Waals surface area contributed by atoms with Crippen molar-refractivity contribution in [1.82, 2.24) is 4.90 Å². The van der Waals surface area contributed by atoms with Gasteiger partial charge in [0.05, 0.1) is 6.54 Å². The molecule has 0 aromatic heterocycles. The van der Waals surface area contributed by atoms with Crippen LogP contribution in [-0.4, -0.2) is 30.2 Å². The maximum atomic E-state index is 13.6. The molecular formula is C20H22FNO4. The molecule has 0 saturated heterocycles. The van der Waals surface area contributed by atoms with Crippen LogP contribution >= 0.6 is 0 Å². The Bertz CT molecular complexity index is 816. The summed E-state index contributed by atoms with van der Waals surface area (Å²) in [7, 11) is 1.65. The van der Waals surface area contributed by atoms with E-state index >= 15 is 0 Å². The molecule has 0 spiro atoms. The van der Waals surface area contributed by atoms with E-state index in [9.17, 15) is 9.18 Å². The zero-order chi connectivity index (χ0) is 18.9. The summed E-state index contributed by atoms with van der Waals surface area (Å²) < 4.78 is 30.8. The standard InChI is InChI=1S/C20H22FNO4/c1-20(2,3)26-19(23)22(4)12-18-14-7-5-6-8-15(14)24-17-11-13(21)9-10-16(17)25-18/h5-11,18H,12H2,1-4H3/t18-/m1/s1. The Morgan fingerprint density at radius 1 is 1.15 bits per heavy atom. The molecule has 0 unspecified atom stereocenters. The number of hydrogen-bond donors (Lipinski definition) is 0. The van der Waals surface area contributed by atoms with Crippen molar-refractivity contribution in [3.63, 3.8) is 0 Å². The van der Waals surface area contributed by atoms with E-state index < -0.39 is 23.6 Å². The first kappa shape index (κ1) is 18.0. The fraction of sp³-hybridized carbons (Fsp3) is 0.350. The molecule has 0 saturated carbocycles. The van der Waals surface area contributed by atoms with Crippen molar-refractivity contribution in [2.24, 2.45) is 0 Å². The predicted molar refractivity (Wildman–Crippen MR) is 95.1 cm³/mol. The lowest BCUT2D eigenvalue weighted by Gasteiger charge is -2.27. The summed E-state index contributed by atoms with van der Waals surface area (Å²) in [5.74, 6) is 0.888. The van der Waals surface area contributed by atoms with E-state index in [4.69, 9.17) is 14.2 Å². The molecule has 138 valence electrons. The SMILES string of the molecule is CN(C[C@H]1Oc2ccc(F)cc2Oc2ccccc21)C(=O)OC(C)(C)C. The van der Waals surface area contributed by atoms with Gasteiger partial charge < -0.3 is 19.1 Å². The summed E-state index contributed by atoms with van der Waals surface area (Å²) in [4.78, 5) is 13.7. The minimum absolute atomic E-state index is 0.256. The number of carbonyl (C=O) groups excluding carboxylic acids is 1. The van der Waals surface area contributed by atoms with Gasteiger partial charge in [0, 0.05) is 18.7 Å². The van der Waals surface area contributed by atoms with Gasteiger partial charge in [0.2, 0.25) is 0 Å². The first-order valence-electron chi connectivity index (χ1n) is 8.40. The Kier molecular flexibility index (Phi) is 4.76. The van der Waals surface area contributed by atoms with Gasteiger partial charge in [-0.25, -0.2) is 9.18 Å². The molecule has 0 bridgehead atoms.